The predicted octanol–water partition coefficient (Wildman–Crippen LogP) is 6.00. The highest BCUT2D eigenvalue weighted by atomic mass is 35.5. The normalized spacial score (nSPS) is 10.4. The first-order valence-electron chi connectivity index (χ1n) is 10.5. The smallest absolute Gasteiger partial charge is 0.310 e. The van der Waals surface area contributed by atoms with Gasteiger partial charge in [0.1, 0.15) is 23.2 Å². The van der Waals surface area contributed by atoms with E-state index in [4.69, 9.17) is 20.8 Å². The van der Waals surface area contributed by atoms with Crippen LogP contribution >= 0.6 is 11.6 Å². The summed E-state index contributed by atoms with van der Waals surface area (Å²) in [6.07, 6.45) is -0.431. The van der Waals surface area contributed by atoms with Crippen LogP contribution in [-0.4, -0.2) is 18.5 Å². The molecule has 0 radical (unpaired) electrons. The molecule has 1 N–H and O–H groups in total. The zero-order valence-corrected chi connectivity index (χ0v) is 19.0. The lowest BCUT2D eigenvalue weighted by Crippen LogP contribution is -2.22. The molecule has 0 saturated carbocycles. The first-order valence-corrected chi connectivity index (χ1v) is 10.9. The van der Waals surface area contributed by atoms with E-state index in [1.807, 2.05) is 60.7 Å². The number of esters is 1. The second-order valence-electron chi connectivity index (χ2n) is 7.44. The summed E-state index contributed by atoms with van der Waals surface area (Å²) >= 11 is 5.93. The fourth-order valence-electron chi connectivity index (χ4n) is 3.50. The van der Waals surface area contributed by atoms with Crippen molar-refractivity contribution in [3.8, 4) is 28.5 Å². The highest BCUT2D eigenvalue weighted by Crippen LogP contribution is 2.41. The fourth-order valence-corrected chi connectivity index (χ4v) is 3.73. The zero-order valence-electron chi connectivity index (χ0n) is 18.3. The van der Waals surface area contributed by atoms with Crippen molar-refractivity contribution >= 4 is 29.4 Å². The number of anilines is 1. The van der Waals surface area contributed by atoms with Gasteiger partial charge in [-0.25, -0.2) is 4.39 Å². The summed E-state index contributed by atoms with van der Waals surface area (Å²) in [5.74, 6) is -1.85. The van der Waals surface area contributed by atoms with Gasteiger partial charge in [-0.05, 0) is 17.7 Å². The minimum absolute atomic E-state index is 0.0163. The van der Waals surface area contributed by atoms with Crippen molar-refractivity contribution in [1.29, 1.82) is 5.26 Å². The Bertz CT molecular complexity index is 1390. The standard InChI is InChI=1S/C27H18ClFN2O4/c28-21-12-7-13-22(29)19(21)14-24(33)34-16-23(32)31-27-20(15-30)25(17-8-3-1-4-9-17)26(35-27)18-10-5-2-6-11-18/h1-13H,14,16H2,(H,31,32). The molecule has 0 saturated heterocycles. The maximum absolute atomic E-state index is 13.9. The number of furan rings is 1. The summed E-state index contributed by atoms with van der Waals surface area (Å²) in [7, 11) is 0. The highest BCUT2D eigenvalue weighted by Gasteiger charge is 2.24. The first-order chi connectivity index (χ1) is 17.0. The van der Waals surface area contributed by atoms with Crippen molar-refractivity contribution < 1.29 is 23.1 Å². The molecule has 0 bridgehead atoms. The van der Waals surface area contributed by atoms with Gasteiger partial charge < -0.3 is 9.15 Å². The summed E-state index contributed by atoms with van der Waals surface area (Å²) < 4.78 is 24.8. The van der Waals surface area contributed by atoms with Crippen LogP contribution in [0.5, 0.6) is 0 Å². The summed E-state index contributed by atoms with van der Waals surface area (Å²) in [6.45, 7) is -0.655. The lowest BCUT2D eigenvalue weighted by Gasteiger charge is -2.07. The van der Waals surface area contributed by atoms with E-state index in [2.05, 4.69) is 11.4 Å². The van der Waals surface area contributed by atoms with E-state index in [9.17, 15) is 19.2 Å². The van der Waals surface area contributed by atoms with Crippen LogP contribution in [0.25, 0.3) is 22.5 Å². The minimum atomic E-state index is -0.831. The van der Waals surface area contributed by atoms with Crippen molar-refractivity contribution in [2.75, 3.05) is 11.9 Å². The molecule has 1 aromatic heterocycles. The van der Waals surface area contributed by atoms with Gasteiger partial charge in [0, 0.05) is 21.7 Å². The van der Waals surface area contributed by atoms with E-state index in [1.54, 1.807) is 0 Å². The number of hydrogen-bond acceptors (Lipinski definition) is 5. The number of rotatable bonds is 7. The lowest BCUT2D eigenvalue weighted by molar-refractivity contribution is -0.146. The molecule has 0 spiro atoms. The second kappa shape index (κ2) is 10.7. The molecule has 4 aromatic rings. The number of carbonyl (C=O) groups is 2. The third-order valence-corrected chi connectivity index (χ3v) is 5.47. The molecule has 0 unspecified atom stereocenters. The van der Waals surface area contributed by atoms with Crippen molar-refractivity contribution in [2.45, 2.75) is 6.42 Å². The molecule has 1 amide bonds. The molecular weight excluding hydrogens is 471 g/mol. The van der Waals surface area contributed by atoms with Crippen LogP contribution < -0.4 is 5.32 Å². The van der Waals surface area contributed by atoms with Gasteiger partial charge in [0.15, 0.2) is 6.61 Å². The largest absolute Gasteiger partial charge is 0.455 e. The number of halogens is 2. The van der Waals surface area contributed by atoms with Crippen LogP contribution in [0.15, 0.2) is 83.3 Å². The van der Waals surface area contributed by atoms with Gasteiger partial charge in [-0.1, -0.05) is 78.3 Å². The molecule has 3 aromatic carbocycles. The Labute approximate surface area is 205 Å². The summed E-state index contributed by atoms with van der Waals surface area (Å²) in [6, 6.07) is 24.5. The van der Waals surface area contributed by atoms with Gasteiger partial charge >= 0.3 is 5.97 Å². The van der Waals surface area contributed by atoms with E-state index >= 15 is 0 Å². The number of hydrogen-bond donors (Lipinski definition) is 1. The van der Waals surface area contributed by atoms with E-state index in [0.29, 0.717) is 11.3 Å². The van der Waals surface area contributed by atoms with Gasteiger partial charge in [-0.2, -0.15) is 5.26 Å². The third-order valence-electron chi connectivity index (χ3n) is 5.12. The maximum Gasteiger partial charge on any atom is 0.310 e. The number of nitriles is 1. The number of carbonyl (C=O) groups excluding carboxylic acids is 2. The molecule has 0 fully saturated rings. The van der Waals surface area contributed by atoms with Crippen LogP contribution in [0, 0.1) is 17.1 Å². The van der Waals surface area contributed by atoms with E-state index in [1.165, 1.54) is 18.2 Å². The van der Waals surface area contributed by atoms with Crippen LogP contribution in [-0.2, 0) is 20.7 Å². The monoisotopic (exact) mass is 488 g/mol. The summed E-state index contributed by atoms with van der Waals surface area (Å²) in [5.41, 5.74) is 2.10. The average Bonchev–Trinajstić information content (AvgIpc) is 3.24. The SMILES string of the molecule is N#Cc1c(NC(=O)COC(=O)Cc2c(F)cccc2Cl)oc(-c2ccccc2)c1-c1ccccc1. The first kappa shape index (κ1) is 23.7. The number of nitrogens with zero attached hydrogens (tertiary/aromatic N) is 1. The molecule has 0 aliphatic heterocycles. The lowest BCUT2D eigenvalue weighted by atomic mass is 9.98. The van der Waals surface area contributed by atoms with E-state index in [-0.39, 0.29) is 22.0 Å². The van der Waals surface area contributed by atoms with Crippen molar-refractivity contribution in [3.05, 3.63) is 101 Å². The Morgan fingerprint density at radius 1 is 0.971 bits per heavy atom. The Morgan fingerprint density at radius 2 is 1.63 bits per heavy atom. The van der Waals surface area contributed by atoms with Crippen LogP contribution in [0.4, 0.5) is 10.3 Å². The Balaban J connectivity index is 1.54. The van der Waals surface area contributed by atoms with Crippen molar-refractivity contribution in [2.24, 2.45) is 0 Å². The molecule has 0 atom stereocenters. The molecular formula is C27H18ClFN2O4. The summed E-state index contributed by atoms with van der Waals surface area (Å²) in [4.78, 5) is 24.6. The van der Waals surface area contributed by atoms with Gasteiger partial charge in [0.25, 0.3) is 5.91 Å². The van der Waals surface area contributed by atoms with Gasteiger partial charge in [0.2, 0.25) is 5.88 Å². The van der Waals surface area contributed by atoms with Crippen molar-refractivity contribution in [1.82, 2.24) is 0 Å². The molecule has 0 aliphatic carbocycles. The molecule has 35 heavy (non-hydrogen) atoms. The maximum atomic E-state index is 13.9. The fraction of sp³-hybridized carbons (Fsp3) is 0.0741. The number of amides is 1. The Morgan fingerprint density at radius 3 is 2.26 bits per heavy atom. The van der Waals surface area contributed by atoms with Crippen molar-refractivity contribution in [3.63, 3.8) is 0 Å². The molecule has 6 nitrogen and oxygen atoms in total. The molecule has 1 heterocycles. The summed E-state index contributed by atoms with van der Waals surface area (Å²) in [5, 5.41) is 12.5. The minimum Gasteiger partial charge on any atom is -0.455 e. The van der Waals surface area contributed by atoms with Gasteiger partial charge in [0.05, 0.1) is 6.42 Å². The average molecular weight is 489 g/mol. The van der Waals surface area contributed by atoms with Gasteiger partial charge in [-0.3, -0.25) is 14.9 Å². The highest BCUT2D eigenvalue weighted by molar-refractivity contribution is 6.31. The van der Waals surface area contributed by atoms with Gasteiger partial charge in [-0.15, -0.1) is 0 Å². The Hall–Kier alpha value is -4.41. The van der Waals surface area contributed by atoms with E-state index in [0.717, 1.165) is 11.1 Å². The molecule has 4 rings (SSSR count). The molecule has 8 heteroatoms. The molecule has 0 aliphatic rings. The zero-order chi connectivity index (χ0) is 24.8. The third kappa shape index (κ3) is 5.40. The van der Waals surface area contributed by atoms with Crippen LogP contribution in [0.3, 0.4) is 0 Å². The van der Waals surface area contributed by atoms with Crippen LogP contribution in [0.1, 0.15) is 11.1 Å². The van der Waals surface area contributed by atoms with E-state index < -0.39 is 30.7 Å². The van der Waals surface area contributed by atoms with Crippen LogP contribution in [0.2, 0.25) is 5.02 Å². The number of ether oxygens (including phenoxy) is 1. The number of nitrogens with one attached hydrogen (secondary N) is 1. The topological polar surface area (TPSA) is 92.3 Å². The predicted molar refractivity (Wildman–Crippen MR) is 129 cm³/mol. The Kier molecular flexibility index (Phi) is 7.24. The second-order valence-corrected chi connectivity index (χ2v) is 7.85. The quantitative estimate of drug-likeness (QED) is 0.322. The molecule has 174 valence electrons. The number of benzene rings is 3.